The van der Waals surface area contributed by atoms with Crippen LogP contribution in [0.5, 0.6) is 0 Å². The summed E-state index contributed by atoms with van der Waals surface area (Å²) in [5.74, 6) is 2.47. The van der Waals surface area contributed by atoms with Gasteiger partial charge in [0.1, 0.15) is 0 Å². The van der Waals surface area contributed by atoms with E-state index in [4.69, 9.17) is 12.2 Å². The maximum atomic E-state index is 5.41. The third-order valence-corrected chi connectivity index (χ3v) is 1.15. The van der Waals surface area contributed by atoms with Gasteiger partial charge in [0.25, 0.3) is 0 Å². The highest BCUT2D eigenvalue weighted by Gasteiger charge is 1.94. The molecule has 0 aliphatic rings. The van der Waals surface area contributed by atoms with Gasteiger partial charge >= 0.3 is 0 Å². The fourth-order valence-electron chi connectivity index (χ4n) is 0.548. The second-order valence-electron chi connectivity index (χ2n) is 2.11. The van der Waals surface area contributed by atoms with Crippen LogP contribution in [0.1, 0.15) is 6.92 Å². The highest BCUT2D eigenvalue weighted by Crippen LogP contribution is 1.95. The summed E-state index contributed by atoms with van der Waals surface area (Å²) in [6.07, 6.45) is 6.86. The molecule has 0 saturated carbocycles. The van der Waals surface area contributed by atoms with E-state index < -0.39 is 0 Å². The van der Waals surface area contributed by atoms with Crippen LogP contribution in [0.3, 0.4) is 0 Å². The molecule has 0 aliphatic carbocycles. The number of hydrogen-bond acceptors (Lipinski definition) is 2. The minimum atomic E-state index is 0.433. The topological polar surface area (TPSA) is 38.4 Å². The van der Waals surface area contributed by atoms with Crippen LogP contribution in [0, 0.1) is 12.3 Å². The zero-order valence-electron chi connectivity index (χ0n) is 6.89. The van der Waals surface area contributed by atoms with Crippen molar-refractivity contribution in [2.24, 2.45) is 10.7 Å². The van der Waals surface area contributed by atoms with Crippen molar-refractivity contribution < 1.29 is 0 Å². The van der Waals surface area contributed by atoms with Crippen LogP contribution in [0.15, 0.2) is 28.9 Å². The van der Waals surface area contributed by atoms with Crippen LogP contribution in [-0.2, 0) is 0 Å². The number of nitrogens with two attached hydrogens (primary N) is 1. The summed E-state index contributed by atoms with van der Waals surface area (Å²) >= 11 is 0. The Bertz CT molecular complexity index is 251. The normalized spacial score (nSPS) is 12.5. The maximum absolute atomic E-state index is 5.41. The fourth-order valence-corrected chi connectivity index (χ4v) is 0.548. The van der Waals surface area contributed by atoms with Gasteiger partial charge in [0.2, 0.25) is 0 Å². The predicted octanol–water partition coefficient (Wildman–Crippen LogP) is 1.11. The minimum Gasteiger partial charge on any atom is -0.397 e. The van der Waals surface area contributed by atoms with Gasteiger partial charge < -0.3 is 5.73 Å². The van der Waals surface area contributed by atoms with E-state index in [1.165, 1.54) is 0 Å². The second-order valence-corrected chi connectivity index (χ2v) is 2.11. The molecule has 11 heavy (non-hydrogen) atoms. The molecule has 0 atom stereocenters. The van der Waals surface area contributed by atoms with Crippen molar-refractivity contribution in [3.05, 3.63) is 23.9 Å². The van der Waals surface area contributed by atoms with Gasteiger partial charge in [-0.1, -0.05) is 12.5 Å². The number of aliphatic imine (C=N–C) groups is 1. The van der Waals surface area contributed by atoms with E-state index in [-0.39, 0.29) is 0 Å². The average Bonchev–Trinajstić information content (AvgIpc) is 1.99. The smallest absolute Gasteiger partial charge is 0.0803 e. The van der Waals surface area contributed by atoms with Gasteiger partial charge in [0.15, 0.2) is 0 Å². The number of nitrogens with zero attached hydrogens (tertiary/aromatic N) is 1. The van der Waals surface area contributed by atoms with Gasteiger partial charge in [-0.3, -0.25) is 4.99 Å². The number of allylic oxidation sites excluding steroid dienone is 2. The van der Waals surface area contributed by atoms with Crippen molar-refractivity contribution in [1.29, 1.82) is 0 Å². The number of hydrogen-bond donors (Lipinski definition) is 1. The lowest BCUT2D eigenvalue weighted by Gasteiger charge is -1.97. The monoisotopic (exact) mass is 148 g/mol. The molecule has 58 valence electrons. The number of terminal acetylenes is 1. The highest BCUT2D eigenvalue weighted by molar-refractivity contribution is 6.07. The molecular weight excluding hydrogens is 136 g/mol. The predicted molar refractivity (Wildman–Crippen MR) is 49.3 cm³/mol. The standard InChI is InChI=1S/C9H12N2/c1-5-7(2)6-9(11-4)8(3)10/h1,6H,3,10H2,2,4H3/b7-6-,11-9?. The first-order chi connectivity index (χ1) is 5.11. The Labute approximate surface area is 67.5 Å². The summed E-state index contributed by atoms with van der Waals surface area (Å²) in [6.45, 7) is 5.36. The van der Waals surface area contributed by atoms with Crippen LogP contribution < -0.4 is 5.73 Å². The van der Waals surface area contributed by atoms with E-state index in [1.807, 2.05) is 6.92 Å². The van der Waals surface area contributed by atoms with Gasteiger partial charge in [0.05, 0.1) is 5.71 Å². The number of rotatable bonds is 2. The Hall–Kier alpha value is -1.49. The zero-order chi connectivity index (χ0) is 8.85. The van der Waals surface area contributed by atoms with E-state index in [2.05, 4.69) is 17.5 Å². The first-order valence-electron chi connectivity index (χ1n) is 3.18. The molecular formula is C9H12N2. The molecule has 0 aromatic rings. The molecule has 0 aromatic carbocycles. The summed E-state index contributed by atoms with van der Waals surface area (Å²) in [4.78, 5) is 3.90. The first kappa shape index (κ1) is 9.51. The third kappa shape index (κ3) is 3.27. The van der Waals surface area contributed by atoms with E-state index in [9.17, 15) is 0 Å². The average molecular weight is 148 g/mol. The van der Waals surface area contributed by atoms with Crippen molar-refractivity contribution in [1.82, 2.24) is 0 Å². The summed E-state index contributed by atoms with van der Waals surface area (Å²) in [5, 5.41) is 0. The molecule has 0 saturated heterocycles. The molecule has 0 amide bonds. The quantitative estimate of drug-likeness (QED) is 0.462. The fraction of sp³-hybridized carbons (Fsp3) is 0.222. The Balaban J connectivity index is 4.62. The van der Waals surface area contributed by atoms with Crippen LogP contribution >= 0.6 is 0 Å². The molecule has 2 nitrogen and oxygen atoms in total. The molecule has 0 radical (unpaired) electrons. The third-order valence-electron chi connectivity index (χ3n) is 1.15. The molecule has 0 bridgehead atoms. The SMILES string of the molecule is C#C/C(C)=C\C(=NC)C(=C)N. The molecule has 2 N–H and O–H groups in total. The first-order valence-corrected chi connectivity index (χ1v) is 3.18. The van der Waals surface area contributed by atoms with Crippen LogP contribution in [0.25, 0.3) is 0 Å². The van der Waals surface area contributed by atoms with Gasteiger partial charge in [-0.25, -0.2) is 0 Å². The molecule has 0 aliphatic heterocycles. The molecule has 0 heterocycles. The summed E-state index contributed by atoms with van der Waals surface area (Å²) in [5.41, 5.74) is 7.27. The van der Waals surface area contributed by atoms with Gasteiger partial charge in [-0.15, -0.1) is 6.42 Å². The molecule has 0 fully saturated rings. The lowest BCUT2D eigenvalue weighted by Crippen LogP contribution is -2.07. The zero-order valence-corrected chi connectivity index (χ0v) is 6.89. The Kier molecular flexibility index (Phi) is 3.76. The lowest BCUT2D eigenvalue weighted by molar-refractivity contribution is 1.39. The Morgan fingerprint density at radius 2 is 2.27 bits per heavy atom. The lowest BCUT2D eigenvalue weighted by atomic mass is 10.2. The van der Waals surface area contributed by atoms with Crippen molar-refractivity contribution in [3.8, 4) is 12.3 Å². The Morgan fingerprint density at radius 3 is 2.55 bits per heavy atom. The summed E-state index contributed by atoms with van der Waals surface area (Å²) in [7, 11) is 1.65. The van der Waals surface area contributed by atoms with Crippen LogP contribution in [-0.4, -0.2) is 12.8 Å². The van der Waals surface area contributed by atoms with Gasteiger partial charge in [0, 0.05) is 18.3 Å². The molecule has 0 spiro atoms. The van der Waals surface area contributed by atoms with E-state index in [1.54, 1.807) is 13.1 Å². The van der Waals surface area contributed by atoms with Gasteiger partial charge in [-0.2, -0.15) is 0 Å². The van der Waals surface area contributed by atoms with Crippen LogP contribution in [0.4, 0.5) is 0 Å². The second kappa shape index (κ2) is 4.35. The summed E-state index contributed by atoms with van der Waals surface area (Å²) < 4.78 is 0. The van der Waals surface area contributed by atoms with Crippen molar-refractivity contribution in [2.45, 2.75) is 6.92 Å². The van der Waals surface area contributed by atoms with Crippen molar-refractivity contribution >= 4 is 5.71 Å². The molecule has 2 heteroatoms. The molecule has 0 aromatic heterocycles. The maximum Gasteiger partial charge on any atom is 0.0803 e. The molecule has 0 rings (SSSR count). The van der Waals surface area contributed by atoms with Gasteiger partial charge in [-0.05, 0) is 13.0 Å². The van der Waals surface area contributed by atoms with Crippen molar-refractivity contribution in [2.75, 3.05) is 7.05 Å². The highest BCUT2D eigenvalue weighted by atomic mass is 14.7. The van der Waals surface area contributed by atoms with E-state index in [0.29, 0.717) is 11.4 Å². The summed E-state index contributed by atoms with van der Waals surface area (Å²) in [6, 6.07) is 0. The molecule has 0 unspecified atom stereocenters. The van der Waals surface area contributed by atoms with E-state index >= 15 is 0 Å². The van der Waals surface area contributed by atoms with Crippen LogP contribution in [0.2, 0.25) is 0 Å². The van der Waals surface area contributed by atoms with Crippen molar-refractivity contribution in [3.63, 3.8) is 0 Å². The largest absolute Gasteiger partial charge is 0.397 e. The minimum absolute atomic E-state index is 0.433. The Morgan fingerprint density at radius 1 is 1.73 bits per heavy atom. The van der Waals surface area contributed by atoms with E-state index in [0.717, 1.165) is 5.57 Å².